The molecule has 0 saturated carbocycles. The molecular weight excluding hydrogens is 350 g/mol. The molecule has 1 amide bonds. The number of benzene rings is 1. The average Bonchev–Trinajstić information content (AvgIpc) is 3.11. The zero-order chi connectivity index (χ0) is 17.9. The molecule has 6 nitrogen and oxygen atoms in total. The van der Waals surface area contributed by atoms with Gasteiger partial charge in [0.05, 0.1) is 0 Å². The summed E-state index contributed by atoms with van der Waals surface area (Å²) < 4.78 is 5.50. The molecule has 0 radical (unpaired) electrons. The zero-order valence-electron chi connectivity index (χ0n) is 14.5. The number of ether oxygens (including phenoxy) is 1. The van der Waals surface area contributed by atoms with Crippen molar-refractivity contribution in [1.29, 1.82) is 0 Å². The number of piperidine rings is 3. The Morgan fingerprint density at radius 2 is 2.12 bits per heavy atom. The summed E-state index contributed by atoms with van der Waals surface area (Å²) >= 11 is 1.43. The molecule has 4 heterocycles. The van der Waals surface area contributed by atoms with Crippen LogP contribution in [0.5, 0.6) is 5.06 Å². The van der Waals surface area contributed by atoms with Crippen molar-refractivity contribution < 1.29 is 14.6 Å². The summed E-state index contributed by atoms with van der Waals surface area (Å²) in [6.07, 6.45) is 1.95. The first kappa shape index (κ1) is 17.3. The largest absolute Gasteiger partial charge is 0.413 e. The third kappa shape index (κ3) is 3.85. The molecule has 3 N–H and O–H groups in total. The first-order valence-electron chi connectivity index (χ1n) is 8.97. The third-order valence-electron chi connectivity index (χ3n) is 5.16. The molecular formula is C19H23N3O3S. The van der Waals surface area contributed by atoms with Crippen molar-refractivity contribution in [2.45, 2.75) is 18.9 Å². The number of hydrogen-bond acceptors (Lipinski definition) is 6. The van der Waals surface area contributed by atoms with Crippen LogP contribution in [0.25, 0.3) is 10.4 Å². The Hall–Kier alpha value is -2.09. The molecule has 1 aromatic heterocycles. The van der Waals surface area contributed by atoms with E-state index in [1.807, 2.05) is 36.4 Å². The van der Waals surface area contributed by atoms with E-state index in [1.165, 1.54) is 11.3 Å². The standard InChI is InChI=1S/C19H23N3O3S/c23-12-20-15-3-1-2-14(10-15)17-4-5-18(26-17)25-19(24)21-16-11-22-8-6-13(16)7-9-22/h1-5,10,13,16,20,23H,6-9,11-12H2,(H,21,24)/t16-/m0/s1. The van der Waals surface area contributed by atoms with Crippen LogP contribution in [-0.4, -0.2) is 48.5 Å². The number of nitrogens with one attached hydrogen (secondary N) is 2. The number of fused-ring (bicyclic) bond motifs is 3. The number of nitrogens with zero attached hydrogens (tertiary/aromatic N) is 1. The van der Waals surface area contributed by atoms with Gasteiger partial charge in [0.15, 0.2) is 5.06 Å². The second kappa shape index (κ2) is 7.65. The topological polar surface area (TPSA) is 73.8 Å². The van der Waals surface area contributed by atoms with Crippen molar-refractivity contribution in [3.05, 3.63) is 36.4 Å². The van der Waals surface area contributed by atoms with Gasteiger partial charge in [-0.25, -0.2) is 4.79 Å². The quantitative estimate of drug-likeness (QED) is 0.703. The molecule has 3 saturated heterocycles. The van der Waals surface area contributed by atoms with Gasteiger partial charge in [0, 0.05) is 23.2 Å². The summed E-state index contributed by atoms with van der Waals surface area (Å²) in [4.78, 5) is 15.7. The predicted octanol–water partition coefficient (Wildman–Crippen LogP) is 2.96. The van der Waals surface area contributed by atoms with Gasteiger partial charge in [0.2, 0.25) is 0 Å². The summed E-state index contributed by atoms with van der Waals surface area (Å²) in [5.74, 6) is 0.577. The minimum atomic E-state index is -0.368. The lowest BCUT2D eigenvalue weighted by molar-refractivity contribution is 0.0726. The molecule has 3 fully saturated rings. The lowest BCUT2D eigenvalue weighted by Gasteiger charge is -2.44. The highest BCUT2D eigenvalue weighted by Crippen LogP contribution is 2.34. The Labute approximate surface area is 156 Å². The Morgan fingerprint density at radius 1 is 1.27 bits per heavy atom. The third-order valence-corrected chi connectivity index (χ3v) is 6.18. The van der Waals surface area contributed by atoms with Crippen molar-refractivity contribution in [3.63, 3.8) is 0 Å². The molecule has 26 heavy (non-hydrogen) atoms. The highest BCUT2D eigenvalue weighted by Gasteiger charge is 2.35. The van der Waals surface area contributed by atoms with Gasteiger partial charge in [-0.3, -0.25) is 0 Å². The van der Waals surface area contributed by atoms with Crippen molar-refractivity contribution in [3.8, 4) is 15.5 Å². The number of carbonyl (C=O) groups is 1. The number of hydrogen-bond donors (Lipinski definition) is 3. The minimum Gasteiger partial charge on any atom is -0.399 e. The van der Waals surface area contributed by atoms with Gasteiger partial charge in [0.1, 0.15) is 6.73 Å². The molecule has 0 aliphatic carbocycles. The molecule has 0 unspecified atom stereocenters. The number of carbonyl (C=O) groups excluding carboxylic acids is 1. The van der Waals surface area contributed by atoms with E-state index in [2.05, 4.69) is 15.5 Å². The number of anilines is 1. The lowest BCUT2D eigenvalue weighted by atomic mass is 9.84. The SMILES string of the molecule is O=C(N[C@H]1CN2CCC1CC2)Oc1ccc(-c2cccc(NCO)c2)s1. The average molecular weight is 373 g/mol. The van der Waals surface area contributed by atoms with Crippen molar-refractivity contribution in [2.75, 3.05) is 31.7 Å². The van der Waals surface area contributed by atoms with Crippen molar-refractivity contribution >= 4 is 23.1 Å². The Morgan fingerprint density at radius 3 is 2.85 bits per heavy atom. The van der Waals surface area contributed by atoms with E-state index in [4.69, 9.17) is 9.84 Å². The normalized spacial score (nSPS) is 24.3. The van der Waals surface area contributed by atoms with Crippen molar-refractivity contribution in [2.24, 2.45) is 5.92 Å². The van der Waals surface area contributed by atoms with Crippen LogP contribution in [0.15, 0.2) is 36.4 Å². The maximum absolute atomic E-state index is 12.3. The molecule has 138 valence electrons. The lowest BCUT2D eigenvalue weighted by Crippen LogP contribution is -2.57. The van der Waals surface area contributed by atoms with E-state index in [1.54, 1.807) is 0 Å². The summed E-state index contributed by atoms with van der Waals surface area (Å²) in [6.45, 7) is 3.12. The minimum absolute atomic E-state index is 0.109. The molecule has 2 aromatic rings. The van der Waals surface area contributed by atoms with E-state index in [0.717, 1.165) is 48.6 Å². The Balaban J connectivity index is 1.37. The fraction of sp³-hybridized carbons (Fsp3) is 0.421. The predicted molar refractivity (Wildman–Crippen MR) is 103 cm³/mol. The fourth-order valence-corrected chi connectivity index (χ4v) is 4.66. The molecule has 3 aliphatic heterocycles. The highest BCUT2D eigenvalue weighted by atomic mass is 32.1. The van der Waals surface area contributed by atoms with Crippen LogP contribution in [-0.2, 0) is 0 Å². The van der Waals surface area contributed by atoms with E-state index in [0.29, 0.717) is 11.0 Å². The van der Waals surface area contributed by atoms with Gasteiger partial charge in [-0.1, -0.05) is 23.5 Å². The van der Waals surface area contributed by atoms with Gasteiger partial charge < -0.3 is 25.4 Å². The molecule has 3 aliphatic rings. The van der Waals surface area contributed by atoms with Crippen LogP contribution in [0.1, 0.15) is 12.8 Å². The number of amides is 1. The molecule has 2 bridgehead atoms. The van der Waals surface area contributed by atoms with Crippen LogP contribution in [0, 0.1) is 5.92 Å². The summed E-state index contributed by atoms with van der Waals surface area (Å²) in [7, 11) is 0. The maximum atomic E-state index is 12.3. The molecule has 7 heteroatoms. The van der Waals surface area contributed by atoms with Crippen LogP contribution >= 0.6 is 11.3 Å². The summed E-state index contributed by atoms with van der Waals surface area (Å²) in [5.41, 5.74) is 1.86. The van der Waals surface area contributed by atoms with E-state index < -0.39 is 0 Å². The van der Waals surface area contributed by atoms with Gasteiger partial charge in [-0.2, -0.15) is 0 Å². The van der Waals surface area contributed by atoms with E-state index in [9.17, 15) is 4.79 Å². The first-order chi connectivity index (χ1) is 12.7. The van der Waals surface area contributed by atoms with Crippen LogP contribution in [0.2, 0.25) is 0 Å². The van der Waals surface area contributed by atoms with Crippen LogP contribution in [0.3, 0.4) is 0 Å². The fourth-order valence-electron chi connectivity index (χ4n) is 3.80. The number of aliphatic hydroxyl groups excluding tert-OH is 1. The second-order valence-corrected chi connectivity index (χ2v) is 7.86. The van der Waals surface area contributed by atoms with Gasteiger partial charge in [0.25, 0.3) is 0 Å². The molecule has 1 aromatic carbocycles. The molecule has 5 rings (SSSR count). The number of thiophene rings is 1. The molecule has 1 atom stereocenters. The second-order valence-electron chi connectivity index (χ2n) is 6.81. The summed E-state index contributed by atoms with van der Waals surface area (Å²) in [5, 5.41) is 15.5. The highest BCUT2D eigenvalue weighted by molar-refractivity contribution is 7.17. The number of aliphatic hydroxyl groups is 1. The van der Waals surface area contributed by atoms with Gasteiger partial charge >= 0.3 is 6.09 Å². The van der Waals surface area contributed by atoms with E-state index >= 15 is 0 Å². The summed E-state index contributed by atoms with van der Waals surface area (Å²) in [6, 6.07) is 11.7. The van der Waals surface area contributed by atoms with E-state index in [-0.39, 0.29) is 18.9 Å². The Bertz CT molecular complexity index is 771. The monoisotopic (exact) mass is 373 g/mol. The van der Waals surface area contributed by atoms with Crippen LogP contribution in [0.4, 0.5) is 10.5 Å². The van der Waals surface area contributed by atoms with Crippen LogP contribution < -0.4 is 15.4 Å². The molecule has 0 spiro atoms. The zero-order valence-corrected chi connectivity index (χ0v) is 15.3. The smallest absolute Gasteiger partial charge is 0.399 e. The maximum Gasteiger partial charge on any atom is 0.413 e. The Kier molecular flexibility index (Phi) is 5.10. The first-order valence-corrected chi connectivity index (χ1v) is 9.78. The van der Waals surface area contributed by atoms with Gasteiger partial charge in [-0.05, 0) is 61.7 Å². The number of rotatable bonds is 5. The van der Waals surface area contributed by atoms with Gasteiger partial charge in [-0.15, -0.1) is 0 Å². The van der Waals surface area contributed by atoms with Crippen molar-refractivity contribution in [1.82, 2.24) is 10.2 Å².